The Morgan fingerprint density at radius 2 is 1.12 bits per heavy atom. The van der Waals surface area contributed by atoms with Gasteiger partial charge in [0.1, 0.15) is 0 Å². The molecule has 5 rings (SSSR count). The zero-order valence-electron chi connectivity index (χ0n) is 21.4. The lowest BCUT2D eigenvalue weighted by atomic mass is 10.2. The molecule has 0 spiro atoms. The van der Waals surface area contributed by atoms with Crippen molar-refractivity contribution in [2.24, 2.45) is 7.05 Å². The average molecular weight is 674 g/mol. The Morgan fingerprint density at radius 3 is 1.55 bits per heavy atom. The smallest absolute Gasteiger partial charge is 0.418 e. The molecule has 0 saturated heterocycles. The maximum atomic E-state index is 14.5. The van der Waals surface area contributed by atoms with Crippen molar-refractivity contribution in [1.29, 1.82) is 0 Å². The van der Waals surface area contributed by atoms with Crippen LogP contribution in [0.15, 0.2) is 134 Å². The topological polar surface area (TPSA) is 34.9 Å². The lowest BCUT2D eigenvalue weighted by Crippen LogP contribution is -3.65. The number of carbonyl (C=O) groups excluding carboxylic acids is 1. The van der Waals surface area contributed by atoms with Gasteiger partial charge in [-0.05, 0) is 28.8 Å². The van der Waals surface area contributed by atoms with Crippen LogP contribution in [0.4, 0.5) is 17.3 Å². The lowest BCUT2D eigenvalue weighted by molar-refractivity contribution is -0.500. The second kappa shape index (κ2) is 13.3. The highest BCUT2D eigenvalue weighted by Gasteiger charge is 2.43. The minimum Gasteiger partial charge on any atom is -0.418 e. The lowest BCUT2D eigenvalue weighted by Gasteiger charge is -2.27. The number of hydrogen-bond donors (Lipinski definition) is 0. The first kappa shape index (κ1) is 29.6. The van der Waals surface area contributed by atoms with E-state index in [2.05, 4.69) is 84.0 Å². The molecule has 0 bridgehead atoms. The summed E-state index contributed by atoms with van der Waals surface area (Å²) in [6, 6.07) is 43.4. The monoisotopic (exact) mass is 674 g/mol. The summed E-state index contributed by atoms with van der Waals surface area (Å²) < 4.78 is 43.2. The normalized spacial score (nSPS) is 11.3. The SMILES string of the molecule is Cn1nccc1P(=C([I+]c1ccccc1)C(=O)c1ccccc1)(c1ccccc1)c1ccccc1.F[B-](F)(F)F. The maximum Gasteiger partial charge on any atom is 0.673 e. The van der Waals surface area contributed by atoms with Crippen molar-refractivity contribution in [2.45, 2.75) is 0 Å². The predicted octanol–water partition coefficient (Wildman–Crippen LogP) is 2.99. The second-order valence-electron chi connectivity index (χ2n) is 8.53. The van der Waals surface area contributed by atoms with Gasteiger partial charge in [-0.1, -0.05) is 109 Å². The van der Waals surface area contributed by atoms with Crippen LogP contribution in [0.2, 0.25) is 0 Å². The first-order chi connectivity index (χ1) is 19.2. The van der Waals surface area contributed by atoms with E-state index in [0.717, 1.165) is 14.3 Å². The van der Waals surface area contributed by atoms with Gasteiger partial charge in [0.05, 0.1) is 12.3 Å². The molecule has 0 aliphatic heterocycles. The number of aromatic nitrogens is 2. The number of rotatable bonds is 7. The Hall–Kier alpha value is -3.43. The van der Waals surface area contributed by atoms with Crippen LogP contribution in [0.1, 0.15) is 10.4 Å². The summed E-state index contributed by atoms with van der Waals surface area (Å²) >= 11 is -0.791. The summed E-state index contributed by atoms with van der Waals surface area (Å²) in [5.41, 5.74) is 1.82. The van der Waals surface area contributed by atoms with E-state index in [-0.39, 0.29) is 5.78 Å². The van der Waals surface area contributed by atoms with Crippen molar-refractivity contribution in [2.75, 3.05) is 0 Å². The number of halogens is 5. The molecule has 0 N–H and O–H groups in total. The van der Waals surface area contributed by atoms with Gasteiger partial charge in [-0.25, -0.2) is 0 Å². The summed E-state index contributed by atoms with van der Waals surface area (Å²) in [7, 11) is -4.01. The molecule has 0 fully saturated rings. The Labute approximate surface area is 241 Å². The van der Waals surface area contributed by atoms with E-state index in [4.69, 9.17) is 0 Å². The molecule has 0 amide bonds. The highest BCUT2D eigenvalue weighted by Crippen LogP contribution is 2.44. The molecule has 0 aliphatic carbocycles. The van der Waals surface area contributed by atoms with Gasteiger partial charge in [-0.3, -0.25) is 9.48 Å². The van der Waals surface area contributed by atoms with Gasteiger partial charge in [0.25, 0.3) is 0 Å². The van der Waals surface area contributed by atoms with Gasteiger partial charge in [0, 0.05) is 18.8 Å². The number of ketones is 1. The predicted molar refractivity (Wildman–Crippen MR) is 153 cm³/mol. The van der Waals surface area contributed by atoms with Gasteiger partial charge in [-0.2, -0.15) is 5.10 Å². The minimum absolute atomic E-state index is 0.129. The molecule has 0 unspecified atom stereocenters. The van der Waals surface area contributed by atoms with Crippen LogP contribution in [-0.2, 0) is 7.05 Å². The van der Waals surface area contributed by atoms with Crippen molar-refractivity contribution < 1.29 is 43.3 Å². The molecule has 1 aromatic heterocycles. The molecule has 0 radical (unpaired) electrons. The summed E-state index contributed by atoms with van der Waals surface area (Å²) in [4.78, 5) is 14.5. The van der Waals surface area contributed by atoms with Crippen LogP contribution >= 0.6 is 6.89 Å². The Bertz CT molecular complexity index is 1550. The maximum absolute atomic E-state index is 14.5. The fourth-order valence-corrected chi connectivity index (χ4v) is 14.4. The minimum atomic E-state index is -6.00. The number of carbonyl (C=O) groups is 1. The van der Waals surface area contributed by atoms with Crippen LogP contribution < -0.4 is 37.2 Å². The van der Waals surface area contributed by atoms with Crippen molar-refractivity contribution in [3.8, 4) is 0 Å². The zero-order chi connectivity index (χ0) is 28.6. The van der Waals surface area contributed by atoms with Crippen molar-refractivity contribution >= 4 is 39.3 Å². The quantitative estimate of drug-likeness (QED) is 0.0876. The van der Waals surface area contributed by atoms with Gasteiger partial charge < -0.3 is 17.3 Å². The van der Waals surface area contributed by atoms with Gasteiger partial charge in [0.15, 0.2) is 3.57 Å². The van der Waals surface area contributed by atoms with E-state index < -0.39 is 35.3 Å². The summed E-state index contributed by atoms with van der Waals surface area (Å²) in [6.07, 6.45) is 1.85. The molecule has 10 heteroatoms. The molecular weight excluding hydrogens is 649 g/mol. The molecule has 4 aromatic carbocycles. The third kappa shape index (κ3) is 7.01. The van der Waals surface area contributed by atoms with Crippen molar-refractivity contribution in [1.82, 2.24) is 9.78 Å². The number of nitrogens with zero attached hydrogens (tertiary/aromatic N) is 2. The standard InChI is InChI=1S/C30H25IN2OP.BF4/c1-33-28(22-23-32-33)35(26-18-10-4-11-19-26,27-20-12-5-13-21-27)30(31-25-16-8-3-9-17-25)29(34)24-14-6-2-7-15-24;2-1(3,4)5/h2-23H,1H3;/q+1;-1. The van der Waals surface area contributed by atoms with Crippen molar-refractivity contribution in [3.63, 3.8) is 0 Å². The Kier molecular flexibility index (Phi) is 9.82. The zero-order valence-corrected chi connectivity index (χ0v) is 24.5. The van der Waals surface area contributed by atoms with Crippen LogP contribution in [0, 0.1) is 3.57 Å². The Balaban J connectivity index is 0.000000681. The first-order valence-corrected chi connectivity index (χ1v) is 16.2. The van der Waals surface area contributed by atoms with E-state index >= 15 is 0 Å². The highest BCUT2D eigenvalue weighted by atomic mass is 127. The summed E-state index contributed by atoms with van der Waals surface area (Å²) in [6.45, 7) is -2.52. The van der Waals surface area contributed by atoms with Gasteiger partial charge in [-0.15, -0.1) is 0 Å². The fourth-order valence-electron chi connectivity index (χ4n) is 4.29. The summed E-state index contributed by atoms with van der Waals surface area (Å²) in [5.74, 6) is 0.129. The fraction of sp³-hybridized carbons (Fsp3) is 0.0333. The van der Waals surface area contributed by atoms with Crippen LogP contribution in [-0.4, -0.2) is 26.1 Å². The second-order valence-corrected chi connectivity index (χ2v) is 15.5. The first-order valence-electron chi connectivity index (χ1n) is 12.2. The average Bonchev–Trinajstić information content (AvgIpc) is 3.40. The number of aryl methyl sites for hydroxylation is 1. The van der Waals surface area contributed by atoms with Crippen molar-refractivity contribution in [3.05, 3.63) is 143 Å². The molecule has 0 atom stereocenters. The van der Waals surface area contributed by atoms with Gasteiger partial charge in [0.2, 0.25) is 9.08 Å². The molecular formula is C30H25BF4IN2OP. The van der Waals surface area contributed by atoms with Crippen LogP contribution in [0.5, 0.6) is 0 Å². The van der Waals surface area contributed by atoms with E-state index in [1.54, 1.807) is 0 Å². The molecule has 0 saturated carbocycles. The van der Waals surface area contributed by atoms with Gasteiger partial charge >= 0.3 is 28.5 Å². The van der Waals surface area contributed by atoms with Crippen LogP contribution in [0.3, 0.4) is 0 Å². The van der Waals surface area contributed by atoms with Crippen LogP contribution in [0.25, 0.3) is 0 Å². The largest absolute Gasteiger partial charge is 0.673 e. The molecule has 3 nitrogen and oxygen atoms in total. The number of hydrogen-bond acceptors (Lipinski definition) is 2. The van der Waals surface area contributed by atoms with E-state index in [9.17, 15) is 22.1 Å². The third-order valence-electron chi connectivity index (χ3n) is 5.88. The molecule has 5 aromatic rings. The third-order valence-corrected chi connectivity index (χ3v) is 15.0. The van der Waals surface area contributed by atoms with E-state index in [0.29, 0.717) is 0 Å². The van der Waals surface area contributed by atoms with E-state index in [1.165, 1.54) is 14.2 Å². The number of benzene rings is 4. The molecule has 0 aliphatic rings. The Morgan fingerprint density at radius 1 is 0.700 bits per heavy atom. The highest BCUT2D eigenvalue weighted by molar-refractivity contribution is 7.96. The number of Topliss-reactive ketones (excluding diaryl/α,β-unsaturated/α-hetero) is 1. The molecule has 1 heterocycles. The molecule has 40 heavy (non-hydrogen) atoms. The van der Waals surface area contributed by atoms with E-state index in [1.807, 2.05) is 66.5 Å². The summed E-state index contributed by atoms with van der Waals surface area (Å²) in [5, 5.41) is 6.93. The molecule has 204 valence electrons.